The monoisotopic (exact) mass is 217 g/mol. The van der Waals surface area contributed by atoms with E-state index in [4.69, 9.17) is 10.5 Å². The molecule has 0 saturated carbocycles. The zero-order valence-electron chi connectivity index (χ0n) is 9.56. The van der Waals surface area contributed by atoms with E-state index in [2.05, 4.69) is 24.3 Å². The number of hydrogen-bond donors (Lipinski definition) is 1. The maximum atomic E-state index is 6.38. The molecule has 1 fully saturated rings. The van der Waals surface area contributed by atoms with Gasteiger partial charge in [-0.2, -0.15) is 0 Å². The summed E-state index contributed by atoms with van der Waals surface area (Å²) < 4.78 is 5.43. The number of nitrogens with two attached hydrogens (primary N) is 1. The van der Waals surface area contributed by atoms with Crippen LogP contribution in [0.3, 0.4) is 0 Å². The molecule has 16 heavy (non-hydrogen) atoms. The lowest BCUT2D eigenvalue weighted by molar-refractivity contribution is 0.173. The highest BCUT2D eigenvalue weighted by Gasteiger charge is 2.32. The highest BCUT2D eigenvalue weighted by Crippen LogP contribution is 2.32. The summed E-state index contributed by atoms with van der Waals surface area (Å²) >= 11 is 0. The number of ether oxygens (including phenoxy) is 1. The Morgan fingerprint density at radius 2 is 1.81 bits per heavy atom. The van der Waals surface area contributed by atoms with Crippen LogP contribution in [-0.2, 0) is 17.6 Å². The Hall–Kier alpha value is -0.860. The summed E-state index contributed by atoms with van der Waals surface area (Å²) in [5, 5.41) is 0. The molecule has 2 heteroatoms. The SMILES string of the molecule is NC(C1CCOC1)C1Cc2ccccc2C1. The van der Waals surface area contributed by atoms with Gasteiger partial charge in [0.15, 0.2) is 0 Å². The van der Waals surface area contributed by atoms with E-state index in [9.17, 15) is 0 Å². The Bertz CT molecular complexity index is 346. The largest absolute Gasteiger partial charge is 0.381 e. The molecular formula is C14H19NO. The van der Waals surface area contributed by atoms with Crippen molar-refractivity contribution < 1.29 is 4.74 Å². The van der Waals surface area contributed by atoms with Crippen LogP contribution in [0.25, 0.3) is 0 Å². The van der Waals surface area contributed by atoms with Crippen molar-refractivity contribution in [3.05, 3.63) is 35.4 Å². The third kappa shape index (κ3) is 1.76. The highest BCUT2D eigenvalue weighted by atomic mass is 16.5. The summed E-state index contributed by atoms with van der Waals surface area (Å²) in [5.41, 5.74) is 9.39. The third-order valence-electron chi connectivity index (χ3n) is 4.14. The fourth-order valence-electron chi connectivity index (χ4n) is 3.11. The van der Waals surface area contributed by atoms with Crippen LogP contribution in [0.15, 0.2) is 24.3 Å². The molecule has 0 spiro atoms. The van der Waals surface area contributed by atoms with E-state index < -0.39 is 0 Å². The topological polar surface area (TPSA) is 35.2 Å². The Morgan fingerprint density at radius 1 is 1.12 bits per heavy atom. The molecule has 2 aliphatic rings. The first-order valence-corrected chi connectivity index (χ1v) is 6.24. The van der Waals surface area contributed by atoms with E-state index in [0.717, 1.165) is 32.5 Å². The van der Waals surface area contributed by atoms with Crippen LogP contribution in [0.1, 0.15) is 17.5 Å². The minimum atomic E-state index is 0.315. The lowest BCUT2D eigenvalue weighted by atomic mass is 9.86. The van der Waals surface area contributed by atoms with Gasteiger partial charge in [-0.05, 0) is 42.2 Å². The number of rotatable bonds is 2. The lowest BCUT2D eigenvalue weighted by Gasteiger charge is -2.23. The van der Waals surface area contributed by atoms with Crippen molar-refractivity contribution >= 4 is 0 Å². The zero-order valence-corrected chi connectivity index (χ0v) is 9.56. The summed E-state index contributed by atoms with van der Waals surface area (Å²) in [5.74, 6) is 1.21. The molecule has 1 aromatic rings. The second-order valence-electron chi connectivity index (χ2n) is 5.14. The van der Waals surface area contributed by atoms with Gasteiger partial charge in [0, 0.05) is 12.6 Å². The van der Waals surface area contributed by atoms with Crippen LogP contribution in [-0.4, -0.2) is 19.3 Å². The second-order valence-corrected chi connectivity index (χ2v) is 5.14. The molecular weight excluding hydrogens is 198 g/mol. The van der Waals surface area contributed by atoms with Gasteiger partial charge in [0.1, 0.15) is 0 Å². The molecule has 0 radical (unpaired) electrons. The first-order chi connectivity index (χ1) is 7.84. The van der Waals surface area contributed by atoms with Crippen molar-refractivity contribution in [2.75, 3.05) is 13.2 Å². The third-order valence-corrected chi connectivity index (χ3v) is 4.14. The Morgan fingerprint density at radius 3 is 2.38 bits per heavy atom. The normalized spacial score (nSPS) is 26.9. The summed E-state index contributed by atoms with van der Waals surface area (Å²) in [6, 6.07) is 9.06. The highest BCUT2D eigenvalue weighted by molar-refractivity contribution is 5.32. The Kier molecular flexibility index (Phi) is 2.70. The predicted molar refractivity (Wildman–Crippen MR) is 64.2 cm³/mol. The molecule has 0 bridgehead atoms. The summed E-state index contributed by atoms with van der Waals surface area (Å²) in [7, 11) is 0. The minimum Gasteiger partial charge on any atom is -0.381 e. The van der Waals surface area contributed by atoms with E-state index >= 15 is 0 Å². The number of hydrogen-bond acceptors (Lipinski definition) is 2. The molecule has 2 N–H and O–H groups in total. The summed E-state index contributed by atoms with van der Waals surface area (Å²) in [6.45, 7) is 1.77. The first-order valence-electron chi connectivity index (χ1n) is 6.24. The number of fused-ring (bicyclic) bond motifs is 1. The molecule has 1 aliphatic heterocycles. The van der Waals surface area contributed by atoms with E-state index in [0.29, 0.717) is 17.9 Å². The van der Waals surface area contributed by atoms with Gasteiger partial charge in [-0.25, -0.2) is 0 Å². The Balaban J connectivity index is 1.70. The number of benzene rings is 1. The molecule has 2 atom stereocenters. The fourth-order valence-corrected chi connectivity index (χ4v) is 3.11. The van der Waals surface area contributed by atoms with Crippen molar-refractivity contribution in [3.63, 3.8) is 0 Å². The van der Waals surface area contributed by atoms with Crippen molar-refractivity contribution in [3.8, 4) is 0 Å². The van der Waals surface area contributed by atoms with E-state index in [1.54, 1.807) is 0 Å². The lowest BCUT2D eigenvalue weighted by Crippen LogP contribution is -2.38. The molecule has 2 nitrogen and oxygen atoms in total. The molecule has 1 heterocycles. The van der Waals surface area contributed by atoms with Crippen LogP contribution in [0, 0.1) is 11.8 Å². The average molecular weight is 217 g/mol. The maximum absolute atomic E-state index is 6.38. The maximum Gasteiger partial charge on any atom is 0.0510 e. The van der Waals surface area contributed by atoms with Crippen LogP contribution < -0.4 is 5.73 Å². The fraction of sp³-hybridized carbons (Fsp3) is 0.571. The van der Waals surface area contributed by atoms with Crippen molar-refractivity contribution in [1.82, 2.24) is 0 Å². The van der Waals surface area contributed by atoms with Gasteiger partial charge in [-0.1, -0.05) is 24.3 Å². The second kappa shape index (κ2) is 4.19. The molecule has 2 unspecified atom stereocenters. The average Bonchev–Trinajstić information content (AvgIpc) is 2.97. The van der Waals surface area contributed by atoms with E-state index in [1.165, 1.54) is 11.1 Å². The summed E-state index contributed by atoms with van der Waals surface area (Å²) in [6.07, 6.45) is 3.47. The van der Waals surface area contributed by atoms with Crippen LogP contribution >= 0.6 is 0 Å². The zero-order chi connectivity index (χ0) is 11.0. The standard InChI is InChI=1S/C14H19NO/c15-14(12-5-6-16-9-12)13-7-10-3-1-2-4-11(10)8-13/h1-4,12-14H,5-9,15H2. The van der Waals surface area contributed by atoms with Crippen LogP contribution in [0.5, 0.6) is 0 Å². The first kappa shape index (κ1) is 10.3. The molecule has 1 aliphatic carbocycles. The predicted octanol–water partition coefficient (Wildman–Crippen LogP) is 1.77. The van der Waals surface area contributed by atoms with Gasteiger partial charge < -0.3 is 10.5 Å². The van der Waals surface area contributed by atoms with E-state index in [1.807, 2.05) is 0 Å². The van der Waals surface area contributed by atoms with Gasteiger partial charge in [0.25, 0.3) is 0 Å². The summed E-state index contributed by atoms with van der Waals surface area (Å²) in [4.78, 5) is 0. The molecule has 1 aromatic carbocycles. The molecule has 86 valence electrons. The van der Waals surface area contributed by atoms with Crippen molar-refractivity contribution in [2.24, 2.45) is 17.6 Å². The van der Waals surface area contributed by atoms with Crippen LogP contribution in [0.2, 0.25) is 0 Å². The quantitative estimate of drug-likeness (QED) is 0.819. The molecule has 3 rings (SSSR count). The van der Waals surface area contributed by atoms with E-state index in [-0.39, 0.29) is 0 Å². The molecule has 0 aromatic heterocycles. The Labute approximate surface area is 96.8 Å². The van der Waals surface area contributed by atoms with Crippen molar-refractivity contribution in [1.29, 1.82) is 0 Å². The van der Waals surface area contributed by atoms with Gasteiger partial charge in [0.05, 0.1) is 6.61 Å². The van der Waals surface area contributed by atoms with Gasteiger partial charge in [-0.15, -0.1) is 0 Å². The molecule has 0 amide bonds. The van der Waals surface area contributed by atoms with Gasteiger partial charge in [-0.3, -0.25) is 0 Å². The van der Waals surface area contributed by atoms with Gasteiger partial charge >= 0.3 is 0 Å². The van der Waals surface area contributed by atoms with Gasteiger partial charge in [0.2, 0.25) is 0 Å². The smallest absolute Gasteiger partial charge is 0.0510 e. The molecule has 1 saturated heterocycles. The van der Waals surface area contributed by atoms with Crippen molar-refractivity contribution in [2.45, 2.75) is 25.3 Å². The van der Waals surface area contributed by atoms with Crippen LogP contribution in [0.4, 0.5) is 0 Å². The minimum absolute atomic E-state index is 0.315.